The second kappa shape index (κ2) is 6.88. The van der Waals surface area contributed by atoms with Gasteiger partial charge >= 0.3 is 0 Å². The smallest absolute Gasteiger partial charge is 0.256 e. The number of nitrogens with zero attached hydrogens (tertiary/aromatic N) is 5. The third-order valence-electron chi connectivity index (χ3n) is 5.38. The van der Waals surface area contributed by atoms with E-state index in [4.69, 9.17) is 0 Å². The highest BCUT2D eigenvalue weighted by atomic mass is 32.1. The van der Waals surface area contributed by atoms with Gasteiger partial charge in [0.05, 0.1) is 11.6 Å². The van der Waals surface area contributed by atoms with Crippen molar-refractivity contribution in [3.8, 4) is 0 Å². The maximum absolute atomic E-state index is 13.0. The van der Waals surface area contributed by atoms with E-state index in [1.54, 1.807) is 27.6 Å². The molecule has 0 N–H and O–H groups in total. The van der Waals surface area contributed by atoms with Crippen LogP contribution in [0.2, 0.25) is 0 Å². The van der Waals surface area contributed by atoms with E-state index in [0.717, 1.165) is 5.69 Å². The Morgan fingerprint density at radius 1 is 1.26 bits per heavy atom. The first-order valence-electron chi connectivity index (χ1n) is 8.99. The number of thiazole rings is 1. The summed E-state index contributed by atoms with van der Waals surface area (Å²) in [5, 5.41) is 2.46. The van der Waals surface area contributed by atoms with Crippen LogP contribution in [0.15, 0.2) is 16.4 Å². The minimum absolute atomic E-state index is 0.0243. The first-order valence-corrected chi connectivity index (χ1v) is 9.87. The van der Waals surface area contributed by atoms with Crippen LogP contribution in [0.25, 0.3) is 0 Å². The molecule has 2 aliphatic heterocycles. The summed E-state index contributed by atoms with van der Waals surface area (Å²) in [4.78, 5) is 49.9. The van der Waals surface area contributed by atoms with Gasteiger partial charge in [-0.3, -0.25) is 23.9 Å². The van der Waals surface area contributed by atoms with Gasteiger partial charge in [0, 0.05) is 56.7 Å². The summed E-state index contributed by atoms with van der Waals surface area (Å²) in [5.74, 6) is 0.232. The summed E-state index contributed by atoms with van der Waals surface area (Å²) in [5.41, 5.74) is 1.46. The first-order chi connectivity index (χ1) is 13.0. The van der Waals surface area contributed by atoms with Gasteiger partial charge in [-0.25, -0.2) is 9.97 Å². The van der Waals surface area contributed by atoms with Crippen molar-refractivity contribution in [1.29, 1.82) is 0 Å². The standard InChI is InChI=1S/C18H21N5O3S/c1-11-20-14-4-7-22(6-3-13(14)17(26)21(11)2)16(25)12-9-15(24)23(10-12)18-19-5-8-27-18/h5,8,12H,3-4,6-7,9-10H2,1-2H3. The van der Waals surface area contributed by atoms with Gasteiger partial charge in [-0.05, 0) is 13.3 Å². The van der Waals surface area contributed by atoms with Gasteiger partial charge in [-0.2, -0.15) is 0 Å². The van der Waals surface area contributed by atoms with Crippen LogP contribution in [-0.2, 0) is 29.5 Å². The Bertz CT molecular complexity index is 953. The molecule has 27 heavy (non-hydrogen) atoms. The predicted octanol–water partition coefficient (Wildman–Crippen LogP) is 0.526. The molecule has 0 saturated carbocycles. The number of fused-ring (bicyclic) bond motifs is 1. The van der Waals surface area contributed by atoms with Crippen LogP contribution in [0.4, 0.5) is 5.13 Å². The third-order valence-corrected chi connectivity index (χ3v) is 6.17. The molecule has 1 unspecified atom stereocenters. The highest BCUT2D eigenvalue weighted by Gasteiger charge is 2.38. The summed E-state index contributed by atoms with van der Waals surface area (Å²) in [6, 6.07) is 0. The van der Waals surface area contributed by atoms with E-state index in [0.29, 0.717) is 49.0 Å². The molecule has 8 nitrogen and oxygen atoms in total. The van der Waals surface area contributed by atoms with E-state index < -0.39 is 0 Å². The topological polar surface area (TPSA) is 88.4 Å². The number of carbonyl (C=O) groups excluding carboxylic acids is 2. The van der Waals surface area contributed by atoms with Gasteiger partial charge in [0.2, 0.25) is 11.8 Å². The molecule has 0 aliphatic carbocycles. The second-order valence-electron chi connectivity index (χ2n) is 6.99. The summed E-state index contributed by atoms with van der Waals surface area (Å²) in [6.45, 7) is 3.18. The molecule has 9 heteroatoms. The maximum Gasteiger partial charge on any atom is 0.256 e. The molecular formula is C18H21N5O3S. The second-order valence-corrected chi connectivity index (χ2v) is 7.87. The molecule has 4 rings (SSSR count). The molecule has 0 spiro atoms. The minimum atomic E-state index is -0.361. The lowest BCUT2D eigenvalue weighted by atomic mass is 10.1. The predicted molar refractivity (Wildman–Crippen MR) is 101 cm³/mol. The number of hydrogen-bond donors (Lipinski definition) is 0. The van der Waals surface area contributed by atoms with Gasteiger partial charge in [0.25, 0.3) is 5.56 Å². The molecule has 4 heterocycles. The zero-order valence-electron chi connectivity index (χ0n) is 15.3. The molecule has 1 saturated heterocycles. The van der Waals surface area contributed by atoms with E-state index in [2.05, 4.69) is 9.97 Å². The summed E-state index contributed by atoms with van der Waals surface area (Å²) < 4.78 is 1.55. The van der Waals surface area contributed by atoms with Gasteiger partial charge in [-0.1, -0.05) is 0 Å². The number of anilines is 1. The molecule has 2 aromatic rings. The number of carbonyl (C=O) groups is 2. The van der Waals surface area contributed by atoms with Gasteiger partial charge in [0.1, 0.15) is 5.82 Å². The van der Waals surface area contributed by atoms with Crippen LogP contribution in [0.3, 0.4) is 0 Å². The molecular weight excluding hydrogens is 366 g/mol. The summed E-state index contributed by atoms with van der Waals surface area (Å²) >= 11 is 1.40. The Labute approximate surface area is 160 Å². The minimum Gasteiger partial charge on any atom is -0.342 e. The molecule has 0 radical (unpaired) electrons. The number of aromatic nitrogens is 3. The van der Waals surface area contributed by atoms with Crippen LogP contribution in [0.5, 0.6) is 0 Å². The summed E-state index contributed by atoms with van der Waals surface area (Å²) in [6.07, 6.45) is 2.93. The van der Waals surface area contributed by atoms with Crippen LogP contribution in [-0.4, -0.2) is 50.9 Å². The largest absolute Gasteiger partial charge is 0.342 e. The Morgan fingerprint density at radius 3 is 2.78 bits per heavy atom. The van der Waals surface area contributed by atoms with Crippen molar-refractivity contribution in [2.75, 3.05) is 24.5 Å². The molecule has 2 aliphatic rings. The Morgan fingerprint density at radius 2 is 2.04 bits per heavy atom. The fourth-order valence-electron chi connectivity index (χ4n) is 3.75. The van der Waals surface area contributed by atoms with Crippen LogP contribution in [0.1, 0.15) is 23.5 Å². The molecule has 1 atom stereocenters. The molecule has 0 aromatic carbocycles. The van der Waals surface area contributed by atoms with E-state index in [1.807, 2.05) is 12.3 Å². The maximum atomic E-state index is 13.0. The first kappa shape index (κ1) is 17.8. The zero-order chi connectivity index (χ0) is 19.1. The lowest BCUT2D eigenvalue weighted by molar-refractivity contribution is -0.135. The quantitative estimate of drug-likeness (QED) is 0.750. The van der Waals surface area contributed by atoms with Gasteiger partial charge in [0.15, 0.2) is 5.13 Å². The van der Waals surface area contributed by atoms with E-state index in [-0.39, 0.29) is 29.7 Å². The van der Waals surface area contributed by atoms with Crippen LogP contribution >= 0.6 is 11.3 Å². The summed E-state index contributed by atoms with van der Waals surface area (Å²) in [7, 11) is 1.72. The van der Waals surface area contributed by atoms with Crippen molar-refractivity contribution in [2.24, 2.45) is 13.0 Å². The number of rotatable bonds is 2. The van der Waals surface area contributed by atoms with Crippen molar-refractivity contribution in [3.05, 3.63) is 39.0 Å². The lowest BCUT2D eigenvalue weighted by Crippen LogP contribution is -2.39. The highest BCUT2D eigenvalue weighted by Crippen LogP contribution is 2.28. The molecule has 142 valence electrons. The number of amides is 2. The SMILES string of the molecule is Cc1nc2c(c(=O)n1C)CCN(C(=O)C1CC(=O)N(c3nccs3)C1)CC2. The Hall–Kier alpha value is -2.55. The lowest BCUT2D eigenvalue weighted by Gasteiger charge is -2.23. The van der Waals surface area contributed by atoms with Crippen LogP contribution < -0.4 is 10.5 Å². The van der Waals surface area contributed by atoms with Gasteiger partial charge < -0.3 is 4.90 Å². The van der Waals surface area contributed by atoms with Crippen molar-refractivity contribution >= 4 is 28.3 Å². The monoisotopic (exact) mass is 387 g/mol. The van der Waals surface area contributed by atoms with E-state index in [9.17, 15) is 14.4 Å². The average molecular weight is 387 g/mol. The average Bonchev–Trinajstić information content (AvgIpc) is 3.25. The normalized spacial score (nSPS) is 19.9. The fraction of sp³-hybridized carbons (Fsp3) is 0.500. The van der Waals surface area contributed by atoms with Crippen molar-refractivity contribution in [3.63, 3.8) is 0 Å². The molecule has 1 fully saturated rings. The van der Waals surface area contributed by atoms with Crippen molar-refractivity contribution < 1.29 is 9.59 Å². The molecule has 0 bridgehead atoms. The molecule has 2 amide bonds. The van der Waals surface area contributed by atoms with Crippen LogP contribution in [0, 0.1) is 12.8 Å². The Kier molecular flexibility index (Phi) is 4.55. The Balaban J connectivity index is 1.49. The van der Waals surface area contributed by atoms with Crippen molar-refractivity contribution in [2.45, 2.75) is 26.2 Å². The third kappa shape index (κ3) is 3.16. The number of aryl methyl sites for hydroxylation is 1. The zero-order valence-corrected chi connectivity index (χ0v) is 16.2. The van der Waals surface area contributed by atoms with E-state index >= 15 is 0 Å². The van der Waals surface area contributed by atoms with E-state index in [1.165, 1.54) is 11.3 Å². The molecule has 2 aromatic heterocycles. The van der Waals surface area contributed by atoms with Gasteiger partial charge in [-0.15, -0.1) is 11.3 Å². The number of hydrogen-bond acceptors (Lipinski definition) is 6. The van der Waals surface area contributed by atoms with Crippen molar-refractivity contribution in [1.82, 2.24) is 19.4 Å². The fourth-order valence-corrected chi connectivity index (χ4v) is 4.42. The highest BCUT2D eigenvalue weighted by molar-refractivity contribution is 7.13.